The number of hydrogen-bond donors (Lipinski definition) is 1. The predicted octanol–water partition coefficient (Wildman–Crippen LogP) is 4.79. The number of fused-ring (bicyclic) bond motifs is 1. The van der Waals surface area contributed by atoms with Crippen LogP contribution in [0.5, 0.6) is 0 Å². The van der Waals surface area contributed by atoms with Crippen molar-refractivity contribution < 1.29 is 4.74 Å². The van der Waals surface area contributed by atoms with Gasteiger partial charge in [-0.2, -0.15) is 0 Å². The van der Waals surface area contributed by atoms with Crippen molar-refractivity contribution in [2.75, 3.05) is 25.1 Å². The summed E-state index contributed by atoms with van der Waals surface area (Å²) in [4.78, 5) is 8.90. The SMILES string of the molecule is Clc1nc(NCC2CCOCC2)c2c(-c3ccccc3)cccc2n1. The van der Waals surface area contributed by atoms with Gasteiger partial charge in [0.05, 0.1) is 10.9 Å². The fourth-order valence-corrected chi connectivity index (χ4v) is 3.51. The summed E-state index contributed by atoms with van der Waals surface area (Å²) in [6, 6.07) is 16.4. The van der Waals surface area contributed by atoms with Crippen molar-refractivity contribution in [1.82, 2.24) is 9.97 Å². The van der Waals surface area contributed by atoms with Crippen LogP contribution in [0.25, 0.3) is 22.0 Å². The van der Waals surface area contributed by atoms with E-state index in [-0.39, 0.29) is 5.28 Å². The Morgan fingerprint density at radius 3 is 2.60 bits per heavy atom. The Hall–Kier alpha value is -2.17. The molecule has 2 heterocycles. The first-order valence-electron chi connectivity index (χ1n) is 8.64. The minimum atomic E-state index is 0.271. The highest BCUT2D eigenvalue weighted by Crippen LogP contribution is 2.33. The molecule has 0 bridgehead atoms. The van der Waals surface area contributed by atoms with Crippen molar-refractivity contribution >= 4 is 28.3 Å². The first kappa shape index (κ1) is 16.3. The molecule has 5 heteroatoms. The molecule has 0 amide bonds. The monoisotopic (exact) mass is 353 g/mol. The number of halogens is 1. The molecule has 0 radical (unpaired) electrons. The molecule has 0 saturated carbocycles. The minimum Gasteiger partial charge on any atom is -0.381 e. The Labute approximate surface area is 152 Å². The van der Waals surface area contributed by atoms with Gasteiger partial charge in [-0.05, 0) is 47.6 Å². The second-order valence-corrected chi connectivity index (χ2v) is 6.68. The zero-order chi connectivity index (χ0) is 17.1. The zero-order valence-corrected chi connectivity index (χ0v) is 14.7. The molecule has 4 nitrogen and oxygen atoms in total. The quantitative estimate of drug-likeness (QED) is 0.685. The van der Waals surface area contributed by atoms with E-state index in [2.05, 4.69) is 33.5 Å². The van der Waals surface area contributed by atoms with Gasteiger partial charge in [-0.15, -0.1) is 0 Å². The summed E-state index contributed by atoms with van der Waals surface area (Å²) in [5, 5.41) is 4.81. The Morgan fingerprint density at radius 1 is 1.00 bits per heavy atom. The molecular formula is C20H20ClN3O. The van der Waals surface area contributed by atoms with Gasteiger partial charge < -0.3 is 10.1 Å². The highest BCUT2D eigenvalue weighted by Gasteiger charge is 2.16. The van der Waals surface area contributed by atoms with E-state index >= 15 is 0 Å². The molecule has 1 saturated heterocycles. The van der Waals surface area contributed by atoms with Gasteiger partial charge in [0.1, 0.15) is 5.82 Å². The lowest BCUT2D eigenvalue weighted by Crippen LogP contribution is -2.23. The van der Waals surface area contributed by atoms with Crippen LogP contribution in [0.3, 0.4) is 0 Å². The third-order valence-electron chi connectivity index (χ3n) is 4.68. The van der Waals surface area contributed by atoms with Crippen LogP contribution in [-0.4, -0.2) is 29.7 Å². The smallest absolute Gasteiger partial charge is 0.224 e. The molecule has 0 atom stereocenters. The molecular weight excluding hydrogens is 334 g/mol. The molecule has 1 aliphatic rings. The van der Waals surface area contributed by atoms with E-state index < -0.39 is 0 Å². The van der Waals surface area contributed by atoms with E-state index in [1.165, 1.54) is 0 Å². The molecule has 0 aliphatic carbocycles. The summed E-state index contributed by atoms with van der Waals surface area (Å²) in [6.45, 7) is 2.55. The number of hydrogen-bond acceptors (Lipinski definition) is 4. The second kappa shape index (κ2) is 7.38. The average molecular weight is 354 g/mol. The summed E-state index contributed by atoms with van der Waals surface area (Å²) in [7, 11) is 0. The topological polar surface area (TPSA) is 47.0 Å². The van der Waals surface area contributed by atoms with Crippen LogP contribution in [0.2, 0.25) is 5.28 Å². The first-order valence-corrected chi connectivity index (χ1v) is 9.02. The standard InChI is InChI=1S/C20H20ClN3O/c21-20-23-17-8-4-7-16(15-5-2-1-3-6-15)18(17)19(24-20)22-13-14-9-11-25-12-10-14/h1-8,14H,9-13H2,(H,22,23,24). The first-order chi connectivity index (χ1) is 12.3. The third kappa shape index (κ3) is 3.60. The van der Waals surface area contributed by atoms with Crippen LogP contribution in [0.1, 0.15) is 12.8 Å². The van der Waals surface area contributed by atoms with E-state index in [9.17, 15) is 0 Å². The summed E-state index contributed by atoms with van der Waals surface area (Å²) in [6.07, 6.45) is 2.16. The lowest BCUT2D eigenvalue weighted by Gasteiger charge is -2.23. The molecule has 3 aromatic rings. The van der Waals surface area contributed by atoms with E-state index in [0.717, 1.165) is 60.4 Å². The van der Waals surface area contributed by atoms with E-state index in [0.29, 0.717) is 5.92 Å². The molecule has 128 valence electrons. The Bertz CT molecular complexity index is 863. The number of benzene rings is 2. The average Bonchev–Trinajstić information content (AvgIpc) is 2.67. The Balaban J connectivity index is 1.74. The Kier molecular flexibility index (Phi) is 4.81. The van der Waals surface area contributed by atoms with Gasteiger partial charge in [-0.3, -0.25) is 0 Å². The molecule has 1 N–H and O–H groups in total. The largest absolute Gasteiger partial charge is 0.381 e. The zero-order valence-electron chi connectivity index (χ0n) is 13.9. The molecule has 4 rings (SSSR count). The molecule has 25 heavy (non-hydrogen) atoms. The lowest BCUT2D eigenvalue weighted by atomic mass is 9.99. The van der Waals surface area contributed by atoms with Crippen LogP contribution in [0.15, 0.2) is 48.5 Å². The van der Waals surface area contributed by atoms with Crippen molar-refractivity contribution in [3.63, 3.8) is 0 Å². The van der Waals surface area contributed by atoms with Crippen LogP contribution >= 0.6 is 11.6 Å². The second-order valence-electron chi connectivity index (χ2n) is 6.34. The Morgan fingerprint density at radius 2 is 1.80 bits per heavy atom. The van der Waals surface area contributed by atoms with Crippen LogP contribution < -0.4 is 5.32 Å². The van der Waals surface area contributed by atoms with Gasteiger partial charge in [-0.1, -0.05) is 42.5 Å². The number of nitrogens with zero attached hydrogens (tertiary/aromatic N) is 2. The number of ether oxygens (including phenoxy) is 1. The lowest BCUT2D eigenvalue weighted by molar-refractivity contribution is 0.0699. The maximum atomic E-state index is 6.16. The fraction of sp³-hybridized carbons (Fsp3) is 0.300. The molecule has 0 spiro atoms. The molecule has 1 aliphatic heterocycles. The maximum Gasteiger partial charge on any atom is 0.224 e. The molecule has 1 aromatic heterocycles. The van der Waals surface area contributed by atoms with Gasteiger partial charge in [0, 0.05) is 19.8 Å². The number of rotatable bonds is 4. The normalized spacial score (nSPS) is 15.4. The number of aromatic nitrogens is 2. The maximum absolute atomic E-state index is 6.16. The highest BCUT2D eigenvalue weighted by atomic mass is 35.5. The number of anilines is 1. The molecule has 1 fully saturated rings. The number of nitrogens with one attached hydrogen (secondary N) is 1. The summed E-state index contributed by atoms with van der Waals surface area (Å²) in [5.74, 6) is 1.40. The van der Waals surface area contributed by atoms with Crippen molar-refractivity contribution in [3.8, 4) is 11.1 Å². The van der Waals surface area contributed by atoms with Gasteiger partial charge >= 0.3 is 0 Å². The molecule has 0 unspecified atom stereocenters. The summed E-state index contributed by atoms with van der Waals surface area (Å²) in [5.41, 5.74) is 3.12. The van der Waals surface area contributed by atoms with Crippen LogP contribution in [-0.2, 0) is 4.74 Å². The van der Waals surface area contributed by atoms with Gasteiger partial charge in [-0.25, -0.2) is 9.97 Å². The fourth-order valence-electron chi connectivity index (χ4n) is 3.33. The minimum absolute atomic E-state index is 0.271. The molecule has 2 aromatic carbocycles. The highest BCUT2D eigenvalue weighted by molar-refractivity contribution is 6.29. The van der Waals surface area contributed by atoms with Gasteiger partial charge in [0.2, 0.25) is 5.28 Å². The van der Waals surface area contributed by atoms with Crippen molar-refractivity contribution in [3.05, 3.63) is 53.8 Å². The van der Waals surface area contributed by atoms with Gasteiger partial charge in [0.15, 0.2) is 0 Å². The van der Waals surface area contributed by atoms with Gasteiger partial charge in [0.25, 0.3) is 0 Å². The van der Waals surface area contributed by atoms with Crippen LogP contribution in [0.4, 0.5) is 5.82 Å². The van der Waals surface area contributed by atoms with Crippen molar-refractivity contribution in [2.24, 2.45) is 5.92 Å². The van der Waals surface area contributed by atoms with Crippen molar-refractivity contribution in [1.29, 1.82) is 0 Å². The van der Waals surface area contributed by atoms with Crippen LogP contribution in [0, 0.1) is 5.92 Å². The predicted molar refractivity (Wildman–Crippen MR) is 102 cm³/mol. The summed E-state index contributed by atoms with van der Waals surface area (Å²) >= 11 is 6.16. The van der Waals surface area contributed by atoms with Crippen molar-refractivity contribution in [2.45, 2.75) is 12.8 Å². The van der Waals surface area contributed by atoms with E-state index in [1.54, 1.807) is 0 Å². The third-order valence-corrected chi connectivity index (χ3v) is 4.85. The van der Waals surface area contributed by atoms with E-state index in [1.807, 2.05) is 30.3 Å². The van der Waals surface area contributed by atoms with E-state index in [4.69, 9.17) is 16.3 Å². The summed E-state index contributed by atoms with van der Waals surface area (Å²) < 4.78 is 5.44.